The Labute approximate surface area is 81.4 Å². The van der Waals surface area contributed by atoms with Crippen molar-refractivity contribution < 1.29 is 19.4 Å². The lowest BCUT2D eigenvalue weighted by Gasteiger charge is -2.04. The van der Waals surface area contributed by atoms with E-state index in [1.165, 1.54) is 12.1 Å². The monoisotopic (exact) mass is 194 g/mol. The van der Waals surface area contributed by atoms with Gasteiger partial charge in [-0.25, -0.2) is 4.79 Å². The van der Waals surface area contributed by atoms with Gasteiger partial charge in [-0.1, -0.05) is 18.7 Å². The van der Waals surface area contributed by atoms with Gasteiger partial charge in [-0.15, -0.1) is 0 Å². The molecule has 1 aromatic carbocycles. The molecule has 0 spiro atoms. The van der Waals surface area contributed by atoms with Crippen molar-refractivity contribution in [3.8, 4) is 11.5 Å². The first-order valence-corrected chi connectivity index (χ1v) is 3.97. The van der Waals surface area contributed by atoms with Crippen LogP contribution in [0.5, 0.6) is 11.5 Å². The van der Waals surface area contributed by atoms with Crippen LogP contribution in [0, 0.1) is 0 Å². The van der Waals surface area contributed by atoms with Crippen LogP contribution in [0.15, 0.2) is 36.9 Å². The highest BCUT2D eigenvalue weighted by Gasteiger charge is 2.01. The first kappa shape index (κ1) is 10.1. The maximum Gasteiger partial charge on any atom is 0.511 e. The fourth-order valence-corrected chi connectivity index (χ4v) is 0.883. The van der Waals surface area contributed by atoms with Gasteiger partial charge >= 0.3 is 6.16 Å². The summed E-state index contributed by atoms with van der Waals surface area (Å²) in [5.74, 6) is 0.780. The van der Waals surface area contributed by atoms with Crippen molar-refractivity contribution in [3.63, 3.8) is 0 Å². The molecule has 0 aliphatic heterocycles. The molecule has 0 saturated heterocycles. The lowest BCUT2D eigenvalue weighted by Crippen LogP contribution is -2.03. The van der Waals surface area contributed by atoms with Crippen molar-refractivity contribution in [2.24, 2.45) is 0 Å². The highest BCUT2D eigenvalue weighted by atomic mass is 16.7. The molecule has 0 bridgehead atoms. The molecule has 0 aliphatic rings. The van der Waals surface area contributed by atoms with Gasteiger partial charge in [0.15, 0.2) is 0 Å². The number of hydrogen-bond donors (Lipinski definition) is 1. The summed E-state index contributed by atoms with van der Waals surface area (Å²) in [4.78, 5) is 10.2. The van der Waals surface area contributed by atoms with E-state index in [4.69, 9.17) is 9.84 Å². The molecule has 14 heavy (non-hydrogen) atoms. The number of hydrogen-bond acceptors (Lipinski definition) is 3. The molecule has 1 rings (SSSR count). The van der Waals surface area contributed by atoms with E-state index in [2.05, 4.69) is 11.3 Å². The van der Waals surface area contributed by atoms with E-state index in [9.17, 15) is 4.79 Å². The van der Waals surface area contributed by atoms with Crippen molar-refractivity contribution in [2.45, 2.75) is 0 Å². The quantitative estimate of drug-likeness (QED) is 0.454. The van der Waals surface area contributed by atoms with E-state index in [0.29, 0.717) is 12.4 Å². The number of ether oxygens (including phenoxy) is 2. The van der Waals surface area contributed by atoms with E-state index >= 15 is 0 Å². The summed E-state index contributed by atoms with van der Waals surface area (Å²) in [7, 11) is 0. The Balaban J connectivity index is 2.68. The molecule has 0 radical (unpaired) electrons. The summed E-state index contributed by atoms with van der Waals surface area (Å²) in [6.45, 7) is 3.87. The Morgan fingerprint density at radius 2 is 2.21 bits per heavy atom. The molecule has 0 heterocycles. The Morgan fingerprint density at radius 3 is 2.86 bits per heavy atom. The average molecular weight is 194 g/mol. The van der Waals surface area contributed by atoms with Crippen LogP contribution in [0.1, 0.15) is 0 Å². The average Bonchev–Trinajstić information content (AvgIpc) is 2.14. The van der Waals surface area contributed by atoms with Crippen LogP contribution in [0.25, 0.3) is 0 Å². The highest BCUT2D eigenvalue weighted by molar-refractivity contribution is 5.61. The van der Waals surface area contributed by atoms with Crippen molar-refractivity contribution in [2.75, 3.05) is 6.61 Å². The Kier molecular flexibility index (Phi) is 3.55. The van der Waals surface area contributed by atoms with Crippen molar-refractivity contribution in [3.05, 3.63) is 36.9 Å². The minimum absolute atomic E-state index is 0.235. The first-order valence-electron chi connectivity index (χ1n) is 3.97. The van der Waals surface area contributed by atoms with Crippen LogP contribution in [0.3, 0.4) is 0 Å². The topological polar surface area (TPSA) is 55.8 Å². The van der Waals surface area contributed by atoms with Crippen LogP contribution < -0.4 is 9.47 Å². The second-order valence-electron chi connectivity index (χ2n) is 2.44. The summed E-state index contributed by atoms with van der Waals surface area (Å²) >= 11 is 0. The summed E-state index contributed by atoms with van der Waals surface area (Å²) in [5.41, 5.74) is 0. The standard InChI is InChI=1S/C10H10O4/c1-2-6-13-8-4-3-5-9(7-8)14-10(11)12/h2-5,7H,1,6H2,(H,11,12). The number of rotatable bonds is 4. The number of carbonyl (C=O) groups is 1. The zero-order valence-corrected chi connectivity index (χ0v) is 7.47. The molecule has 1 N–H and O–H groups in total. The van der Waals surface area contributed by atoms with Gasteiger partial charge in [0.25, 0.3) is 0 Å². The normalized spacial score (nSPS) is 9.14. The van der Waals surface area contributed by atoms with Crippen LogP contribution in [-0.4, -0.2) is 17.9 Å². The van der Waals surface area contributed by atoms with Gasteiger partial charge in [0, 0.05) is 6.07 Å². The third-order valence-corrected chi connectivity index (χ3v) is 1.38. The lowest BCUT2D eigenvalue weighted by atomic mass is 10.3. The molecule has 1 aromatic rings. The number of carboxylic acid groups (broad SMARTS) is 1. The highest BCUT2D eigenvalue weighted by Crippen LogP contribution is 2.19. The van der Waals surface area contributed by atoms with Crippen molar-refractivity contribution in [1.82, 2.24) is 0 Å². The van der Waals surface area contributed by atoms with Crippen LogP contribution in [-0.2, 0) is 0 Å². The predicted octanol–water partition coefficient (Wildman–Crippen LogP) is 2.31. The summed E-state index contributed by atoms with van der Waals surface area (Å²) in [6, 6.07) is 6.39. The molecule has 0 atom stereocenters. The second kappa shape index (κ2) is 4.91. The van der Waals surface area contributed by atoms with Gasteiger partial charge in [0.2, 0.25) is 0 Å². The van der Waals surface area contributed by atoms with Crippen molar-refractivity contribution in [1.29, 1.82) is 0 Å². The maximum absolute atomic E-state index is 10.2. The maximum atomic E-state index is 10.2. The zero-order chi connectivity index (χ0) is 10.4. The Morgan fingerprint density at radius 1 is 1.50 bits per heavy atom. The molecule has 0 unspecified atom stereocenters. The summed E-state index contributed by atoms with van der Waals surface area (Å²) < 4.78 is 9.63. The molecule has 4 nitrogen and oxygen atoms in total. The molecule has 4 heteroatoms. The van der Waals surface area contributed by atoms with Gasteiger partial charge < -0.3 is 14.6 Å². The first-order chi connectivity index (χ1) is 6.72. The van der Waals surface area contributed by atoms with E-state index < -0.39 is 6.16 Å². The Bertz CT molecular complexity index is 333. The van der Waals surface area contributed by atoms with Gasteiger partial charge in [-0.05, 0) is 12.1 Å². The van der Waals surface area contributed by atoms with Crippen molar-refractivity contribution >= 4 is 6.16 Å². The zero-order valence-electron chi connectivity index (χ0n) is 7.47. The SMILES string of the molecule is C=CCOc1cccc(OC(=O)O)c1. The third kappa shape index (κ3) is 3.18. The Hall–Kier alpha value is -1.97. The van der Waals surface area contributed by atoms with Crippen LogP contribution in [0.2, 0.25) is 0 Å². The van der Waals surface area contributed by atoms with Crippen LogP contribution in [0.4, 0.5) is 4.79 Å². The molecule has 0 saturated carbocycles. The molecule has 0 aliphatic carbocycles. The summed E-state index contributed by atoms with van der Waals surface area (Å²) in [5, 5.41) is 8.35. The largest absolute Gasteiger partial charge is 0.511 e. The second-order valence-corrected chi connectivity index (χ2v) is 2.44. The molecule has 0 fully saturated rings. The van der Waals surface area contributed by atoms with E-state index in [1.54, 1.807) is 18.2 Å². The van der Waals surface area contributed by atoms with Gasteiger partial charge in [0.05, 0.1) is 0 Å². The minimum Gasteiger partial charge on any atom is -0.489 e. The van der Waals surface area contributed by atoms with Gasteiger partial charge in [-0.3, -0.25) is 0 Å². The smallest absolute Gasteiger partial charge is 0.489 e. The van der Waals surface area contributed by atoms with E-state index in [0.717, 1.165) is 0 Å². The molecular formula is C10H10O4. The van der Waals surface area contributed by atoms with Gasteiger partial charge in [-0.2, -0.15) is 0 Å². The fraction of sp³-hybridized carbons (Fsp3) is 0.100. The molecule has 0 amide bonds. The molecule has 0 aromatic heterocycles. The van der Waals surface area contributed by atoms with Crippen LogP contribution >= 0.6 is 0 Å². The predicted molar refractivity (Wildman–Crippen MR) is 50.8 cm³/mol. The summed E-state index contributed by atoms with van der Waals surface area (Å²) in [6.07, 6.45) is 0.260. The fourth-order valence-electron chi connectivity index (χ4n) is 0.883. The number of benzene rings is 1. The lowest BCUT2D eigenvalue weighted by molar-refractivity contribution is 0.144. The third-order valence-electron chi connectivity index (χ3n) is 1.38. The van der Waals surface area contributed by atoms with Gasteiger partial charge in [0.1, 0.15) is 18.1 Å². The van der Waals surface area contributed by atoms with E-state index in [-0.39, 0.29) is 5.75 Å². The molecular weight excluding hydrogens is 184 g/mol. The molecule has 74 valence electrons. The minimum atomic E-state index is -1.34. The van der Waals surface area contributed by atoms with E-state index in [1.807, 2.05) is 0 Å².